The van der Waals surface area contributed by atoms with Gasteiger partial charge < -0.3 is 10.1 Å². The standard InChI is InChI=1S/C23H20F3NO2/c1-16-8-5-6-13-20(16)22(17-9-3-2-4-10-17)27-21(28)15-29-19-12-7-11-18(14-19)23(24,25)26/h2-14,22H,15H2,1H3,(H,27,28)/t22-/m1/s1. The maximum atomic E-state index is 12.8. The molecule has 0 aromatic heterocycles. The summed E-state index contributed by atoms with van der Waals surface area (Å²) in [6, 6.07) is 21.2. The highest BCUT2D eigenvalue weighted by Crippen LogP contribution is 2.31. The molecule has 0 spiro atoms. The second-order valence-corrected chi connectivity index (χ2v) is 6.58. The molecule has 1 N–H and O–H groups in total. The third-order valence-electron chi connectivity index (χ3n) is 4.47. The minimum absolute atomic E-state index is 0.0119. The number of amides is 1. The molecule has 0 aliphatic heterocycles. The normalized spacial score (nSPS) is 12.3. The zero-order chi connectivity index (χ0) is 20.9. The second kappa shape index (κ2) is 8.82. The summed E-state index contributed by atoms with van der Waals surface area (Å²) in [5.41, 5.74) is 2.03. The first-order valence-electron chi connectivity index (χ1n) is 9.04. The van der Waals surface area contributed by atoms with E-state index in [1.54, 1.807) is 0 Å². The van der Waals surface area contributed by atoms with Crippen LogP contribution >= 0.6 is 0 Å². The lowest BCUT2D eigenvalue weighted by molar-refractivity contribution is -0.137. The van der Waals surface area contributed by atoms with Gasteiger partial charge in [-0.1, -0.05) is 60.7 Å². The Morgan fingerprint density at radius 2 is 1.66 bits per heavy atom. The van der Waals surface area contributed by atoms with E-state index in [9.17, 15) is 18.0 Å². The monoisotopic (exact) mass is 399 g/mol. The molecule has 150 valence electrons. The van der Waals surface area contributed by atoms with E-state index >= 15 is 0 Å². The van der Waals surface area contributed by atoms with Gasteiger partial charge in [0.2, 0.25) is 0 Å². The molecule has 0 unspecified atom stereocenters. The van der Waals surface area contributed by atoms with Crippen LogP contribution in [0.15, 0.2) is 78.9 Å². The summed E-state index contributed by atoms with van der Waals surface area (Å²) >= 11 is 0. The summed E-state index contributed by atoms with van der Waals surface area (Å²) < 4.78 is 43.7. The second-order valence-electron chi connectivity index (χ2n) is 6.58. The molecule has 0 heterocycles. The van der Waals surface area contributed by atoms with Crippen LogP contribution in [-0.4, -0.2) is 12.5 Å². The van der Waals surface area contributed by atoms with Crippen LogP contribution < -0.4 is 10.1 Å². The highest BCUT2D eigenvalue weighted by molar-refractivity contribution is 5.78. The van der Waals surface area contributed by atoms with Gasteiger partial charge in [-0.05, 0) is 41.8 Å². The largest absolute Gasteiger partial charge is 0.484 e. The van der Waals surface area contributed by atoms with Crippen LogP contribution in [-0.2, 0) is 11.0 Å². The van der Waals surface area contributed by atoms with Crippen molar-refractivity contribution in [1.82, 2.24) is 5.32 Å². The van der Waals surface area contributed by atoms with Gasteiger partial charge in [-0.15, -0.1) is 0 Å². The first kappa shape index (κ1) is 20.5. The minimum atomic E-state index is -4.47. The number of ether oxygens (including phenoxy) is 1. The van der Waals surface area contributed by atoms with Crippen LogP contribution in [0.5, 0.6) is 5.75 Å². The van der Waals surface area contributed by atoms with Gasteiger partial charge in [0.15, 0.2) is 6.61 Å². The molecule has 0 radical (unpaired) electrons. The van der Waals surface area contributed by atoms with Crippen LogP contribution in [0.25, 0.3) is 0 Å². The van der Waals surface area contributed by atoms with E-state index < -0.39 is 30.3 Å². The average Bonchev–Trinajstić information content (AvgIpc) is 2.71. The first-order chi connectivity index (χ1) is 13.8. The van der Waals surface area contributed by atoms with E-state index in [4.69, 9.17) is 4.74 Å². The summed E-state index contributed by atoms with van der Waals surface area (Å²) in [6.45, 7) is 1.56. The van der Waals surface area contributed by atoms with Crippen LogP contribution in [0.2, 0.25) is 0 Å². The number of carbonyl (C=O) groups excluding carboxylic acids is 1. The molecule has 3 rings (SSSR count). The molecule has 6 heteroatoms. The Bertz CT molecular complexity index is 971. The van der Waals surface area contributed by atoms with Gasteiger partial charge in [0, 0.05) is 0 Å². The zero-order valence-electron chi connectivity index (χ0n) is 15.7. The van der Waals surface area contributed by atoms with Crippen LogP contribution in [0.1, 0.15) is 28.3 Å². The fourth-order valence-electron chi connectivity index (χ4n) is 3.01. The van der Waals surface area contributed by atoms with Crippen LogP contribution in [0.4, 0.5) is 13.2 Å². The predicted octanol–water partition coefficient (Wildman–Crippen LogP) is 5.30. The lowest BCUT2D eigenvalue weighted by Crippen LogP contribution is -2.33. The Labute approximate surface area is 167 Å². The lowest BCUT2D eigenvalue weighted by atomic mass is 9.95. The quantitative estimate of drug-likeness (QED) is 0.611. The highest BCUT2D eigenvalue weighted by atomic mass is 19.4. The van der Waals surface area contributed by atoms with E-state index in [-0.39, 0.29) is 5.75 Å². The average molecular weight is 399 g/mol. The van der Waals surface area contributed by atoms with Crippen LogP contribution in [0.3, 0.4) is 0 Å². The summed E-state index contributed by atoms with van der Waals surface area (Å²) in [4.78, 5) is 12.5. The van der Waals surface area contributed by atoms with Crippen molar-refractivity contribution < 1.29 is 22.7 Å². The summed E-state index contributed by atoms with van der Waals surface area (Å²) in [5, 5.41) is 2.92. The molecule has 29 heavy (non-hydrogen) atoms. The lowest BCUT2D eigenvalue weighted by Gasteiger charge is -2.22. The molecule has 1 atom stereocenters. The fraction of sp³-hybridized carbons (Fsp3) is 0.174. The van der Waals surface area contributed by atoms with E-state index in [1.807, 2.05) is 61.5 Å². The number of carbonyl (C=O) groups is 1. The molecule has 3 aromatic rings. The SMILES string of the molecule is Cc1ccccc1[C@H](NC(=O)COc1cccc(C(F)(F)F)c1)c1ccccc1. The van der Waals surface area contributed by atoms with Crippen molar-refractivity contribution in [2.75, 3.05) is 6.61 Å². The number of rotatable bonds is 6. The predicted molar refractivity (Wildman–Crippen MR) is 105 cm³/mol. The number of hydrogen-bond donors (Lipinski definition) is 1. The van der Waals surface area contributed by atoms with Crippen molar-refractivity contribution >= 4 is 5.91 Å². The van der Waals surface area contributed by atoms with Gasteiger partial charge in [0.1, 0.15) is 5.75 Å². The van der Waals surface area contributed by atoms with E-state index in [0.29, 0.717) is 0 Å². The number of hydrogen-bond acceptors (Lipinski definition) is 2. The summed E-state index contributed by atoms with van der Waals surface area (Å²) in [6.07, 6.45) is -4.47. The number of nitrogens with one attached hydrogen (secondary N) is 1. The minimum Gasteiger partial charge on any atom is -0.484 e. The molecule has 0 bridgehead atoms. The first-order valence-corrected chi connectivity index (χ1v) is 9.04. The Morgan fingerprint density at radius 1 is 0.966 bits per heavy atom. The van der Waals surface area contributed by atoms with Crippen molar-refractivity contribution in [3.8, 4) is 5.75 Å². The Balaban J connectivity index is 1.74. The van der Waals surface area contributed by atoms with Crippen molar-refractivity contribution in [2.45, 2.75) is 19.1 Å². The Hall–Kier alpha value is -3.28. The van der Waals surface area contributed by atoms with Gasteiger partial charge in [-0.3, -0.25) is 4.79 Å². The van der Waals surface area contributed by atoms with Crippen molar-refractivity contribution in [3.63, 3.8) is 0 Å². The number of alkyl halides is 3. The van der Waals surface area contributed by atoms with Gasteiger partial charge in [0.05, 0.1) is 11.6 Å². The molecule has 3 nitrogen and oxygen atoms in total. The fourth-order valence-corrected chi connectivity index (χ4v) is 3.01. The molecule has 0 aliphatic rings. The Kier molecular flexibility index (Phi) is 6.22. The third-order valence-corrected chi connectivity index (χ3v) is 4.47. The molecule has 0 saturated heterocycles. The third kappa shape index (κ3) is 5.38. The molecule has 0 fully saturated rings. The van der Waals surface area contributed by atoms with Gasteiger partial charge in [-0.25, -0.2) is 0 Å². The number of benzene rings is 3. The number of aryl methyl sites for hydroxylation is 1. The van der Waals surface area contributed by atoms with E-state index in [2.05, 4.69) is 5.32 Å². The molecule has 3 aromatic carbocycles. The van der Waals surface area contributed by atoms with Crippen molar-refractivity contribution in [1.29, 1.82) is 0 Å². The smallest absolute Gasteiger partial charge is 0.416 e. The molecular formula is C23H20F3NO2. The number of halogens is 3. The van der Waals surface area contributed by atoms with Gasteiger partial charge in [0.25, 0.3) is 5.91 Å². The molecular weight excluding hydrogens is 379 g/mol. The molecule has 1 amide bonds. The molecule has 0 saturated carbocycles. The zero-order valence-corrected chi connectivity index (χ0v) is 15.7. The maximum absolute atomic E-state index is 12.8. The van der Waals surface area contributed by atoms with Gasteiger partial charge >= 0.3 is 6.18 Å². The summed E-state index contributed by atoms with van der Waals surface area (Å²) in [7, 11) is 0. The van der Waals surface area contributed by atoms with E-state index in [0.717, 1.165) is 28.8 Å². The topological polar surface area (TPSA) is 38.3 Å². The molecule has 0 aliphatic carbocycles. The highest BCUT2D eigenvalue weighted by Gasteiger charge is 2.30. The van der Waals surface area contributed by atoms with E-state index in [1.165, 1.54) is 12.1 Å². The van der Waals surface area contributed by atoms with Crippen molar-refractivity contribution in [3.05, 3.63) is 101 Å². The summed E-state index contributed by atoms with van der Waals surface area (Å²) in [5.74, 6) is -0.443. The maximum Gasteiger partial charge on any atom is 0.416 e. The van der Waals surface area contributed by atoms with Crippen molar-refractivity contribution in [2.24, 2.45) is 0 Å². The van der Waals surface area contributed by atoms with Crippen LogP contribution in [0, 0.1) is 6.92 Å². The Morgan fingerprint density at radius 3 is 2.34 bits per heavy atom. The van der Waals surface area contributed by atoms with Gasteiger partial charge in [-0.2, -0.15) is 13.2 Å².